The van der Waals surface area contributed by atoms with Gasteiger partial charge < -0.3 is 4.90 Å². The molecule has 0 aliphatic rings. The summed E-state index contributed by atoms with van der Waals surface area (Å²) in [5, 5.41) is 4.59. The Bertz CT molecular complexity index is 827. The summed E-state index contributed by atoms with van der Waals surface area (Å²) in [5.74, 6) is 0.0217. The van der Waals surface area contributed by atoms with E-state index in [1.807, 2.05) is 37.0 Å². The van der Waals surface area contributed by atoms with Crippen LogP contribution in [0.4, 0.5) is 0 Å². The van der Waals surface area contributed by atoms with Crippen LogP contribution in [0.25, 0.3) is 11.3 Å². The van der Waals surface area contributed by atoms with Crippen molar-refractivity contribution in [2.24, 2.45) is 7.05 Å². The first-order valence-electron chi connectivity index (χ1n) is 8.39. The number of carbonyl (C=O) groups is 1. The topological polar surface area (TPSA) is 51.0 Å². The van der Waals surface area contributed by atoms with Crippen LogP contribution in [0.1, 0.15) is 22.5 Å². The van der Waals surface area contributed by atoms with E-state index in [2.05, 4.69) is 28.3 Å². The molecule has 1 aromatic carbocycles. The van der Waals surface area contributed by atoms with Crippen LogP contribution in [0.2, 0.25) is 0 Å². The van der Waals surface area contributed by atoms with E-state index in [0.29, 0.717) is 12.1 Å². The number of nitrogens with zero attached hydrogens (tertiary/aromatic N) is 4. The van der Waals surface area contributed by atoms with E-state index in [0.717, 1.165) is 29.8 Å². The van der Waals surface area contributed by atoms with Gasteiger partial charge in [0.15, 0.2) is 0 Å². The third-order valence-electron chi connectivity index (χ3n) is 4.20. The highest BCUT2D eigenvalue weighted by Crippen LogP contribution is 2.20. The molecule has 0 unspecified atom stereocenters. The number of aromatic nitrogens is 3. The number of carbonyl (C=O) groups excluding carboxylic acids is 1. The molecule has 0 saturated heterocycles. The van der Waals surface area contributed by atoms with Crippen LogP contribution >= 0.6 is 0 Å². The van der Waals surface area contributed by atoms with E-state index in [9.17, 15) is 4.79 Å². The van der Waals surface area contributed by atoms with Crippen molar-refractivity contribution in [1.29, 1.82) is 0 Å². The first kappa shape index (κ1) is 16.9. The Morgan fingerprint density at radius 3 is 2.56 bits per heavy atom. The molecule has 0 radical (unpaired) electrons. The van der Waals surface area contributed by atoms with Crippen LogP contribution in [0.5, 0.6) is 0 Å². The van der Waals surface area contributed by atoms with Gasteiger partial charge in [-0.05, 0) is 36.6 Å². The zero-order chi connectivity index (χ0) is 17.6. The van der Waals surface area contributed by atoms with Crippen molar-refractivity contribution in [3.63, 3.8) is 0 Å². The van der Waals surface area contributed by atoms with Crippen LogP contribution in [0.3, 0.4) is 0 Å². The molecule has 128 valence electrons. The van der Waals surface area contributed by atoms with E-state index in [4.69, 9.17) is 0 Å². The van der Waals surface area contributed by atoms with Crippen LogP contribution in [-0.4, -0.2) is 39.2 Å². The Labute approximate surface area is 147 Å². The Morgan fingerprint density at radius 2 is 1.84 bits per heavy atom. The first-order chi connectivity index (χ1) is 12.1. The summed E-state index contributed by atoms with van der Waals surface area (Å²) in [5.41, 5.74) is 3.98. The molecule has 0 atom stereocenters. The van der Waals surface area contributed by atoms with E-state index in [1.54, 1.807) is 29.4 Å². The molecule has 3 aromatic rings. The zero-order valence-electron chi connectivity index (χ0n) is 14.6. The largest absolute Gasteiger partial charge is 0.342 e. The lowest BCUT2D eigenvalue weighted by atomic mass is 10.1. The maximum absolute atomic E-state index is 12.3. The van der Waals surface area contributed by atoms with Gasteiger partial charge in [-0.1, -0.05) is 30.3 Å². The Balaban J connectivity index is 1.57. The quantitative estimate of drug-likeness (QED) is 0.696. The molecule has 0 saturated carbocycles. The monoisotopic (exact) mass is 334 g/mol. The van der Waals surface area contributed by atoms with Gasteiger partial charge in [-0.25, -0.2) is 0 Å². The summed E-state index contributed by atoms with van der Waals surface area (Å²) >= 11 is 0. The summed E-state index contributed by atoms with van der Waals surface area (Å²) in [7, 11) is 3.79. The minimum absolute atomic E-state index is 0.0217. The van der Waals surface area contributed by atoms with Crippen molar-refractivity contribution in [3.05, 3.63) is 72.2 Å². The van der Waals surface area contributed by atoms with Gasteiger partial charge in [-0.2, -0.15) is 5.10 Å². The van der Waals surface area contributed by atoms with Gasteiger partial charge in [0.25, 0.3) is 5.91 Å². The molecule has 5 nitrogen and oxygen atoms in total. The number of amides is 1. The minimum atomic E-state index is 0.0217. The molecule has 0 aliphatic carbocycles. The van der Waals surface area contributed by atoms with Gasteiger partial charge in [0, 0.05) is 38.6 Å². The van der Waals surface area contributed by atoms with Gasteiger partial charge in [0.1, 0.15) is 0 Å². The highest BCUT2D eigenvalue weighted by atomic mass is 16.2. The zero-order valence-corrected chi connectivity index (χ0v) is 14.6. The number of aryl methyl sites for hydroxylation is 2. The fourth-order valence-electron chi connectivity index (χ4n) is 2.84. The molecule has 2 heterocycles. The Morgan fingerprint density at radius 1 is 1.12 bits per heavy atom. The van der Waals surface area contributed by atoms with E-state index >= 15 is 0 Å². The second kappa shape index (κ2) is 7.75. The maximum Gasteiger partial charge on any atom is 0.253 e. The van der Waals surface area contributed by atoms with Gasteiger partial charge in [-0.3, -0.25) is 14.5 Å². The highest BCUT2D eigenvalue weighted by Gasteiger charge is 2.12. The lowest BCUT2D eigenvalue weighted by Crippen LogP contribution is -2.28. The second-order valence-corrected chi connectivity index (χ2v) is 6.08. The number of pyridine rings is 1. The Kier molecular flexibility index (Phi) is 5.23. The molecule has 3 rings (SSSR count). The summed E-state index contributed by atoms with van der Waals surface area (Å²) in [6, 6.07) is 15.8. The molecular formula is C20H22N4O. The van der Waals surface area contributed by atoms with Crippen molar-refractivity contribution < 1.29 is 4.79 Å². The van der Waals surface area contributed by atoms with Crippen LogP contribution < -0.4 is 0 Å². The molecule has 2 aromatic heterocycles. The Hall–Kier alpha value is -2.95. The van der Waals surface area contributed by atoms with Gasteiger partial charge >= 0.3 is 0 Å². The van der Waals surface area contributed by atoms with Crippen LogP contribution in [0, 0.1) is 0 Å². The SMILES string of the molecule is CN(CCCc1cc(-c2ccccc2)n(C)n1)C(=O)c1ccncc1. The molecule has 25 heavy (non-hydrogen) atoms. The summed E-state index contributed by atoms with van der Waals surface area (Å²) < 4.78 is 1.91. The highest BCUT2D eigenvalue weighted by molar-refractivity contribution is 5.93. The number of rotatable bonds is 6. The predicted octanol–water partition coefficient (Wildman–Crippen LogP) is 3.19. The van der Waals surface area contributed by atoms with Crippen LogP contribution in [0.15, 0.2) is 60.9 Å². The third-order valence-corrected chi connectivity index (χ3v) is 4.20. The molecule has 0 spiro atoms. The van der Waals surface area contributed by atoms with Crippen molar-refractivity contribution in [2.45, 2.75) is 12.8 Å². The molecule has 1 amide bonds. The average Bonchev–Trinajstić information content (AvgIpc) is 3.03. The smallest absolute Gasteiger partial charge is 0.253 e. The molecule has 0 fully saturated rings. The summed E-state index contributed by atoms with van der Waals surface area (Å²) in [4.78, 5) is 18.0. The fraction of sp³-hybridized carbons (Fsp3) is 0.250. The predicted molar refractivity (Wildman–Crippen MR) is 98.2 cm³/mol. The van der Waals surface area contributed by atoms with Gasteiger partial charge in [0.2, 0.25) is 0 Å². The molecule has 0 N–H and O–H groups in total. The first-order valence-corrected chi connectivity index (χ1v) is 8.39. The second-order valence-electron chi connectivity index (χ2n) is 6.08. The fourth-order valence-corrected chi connectivity index (χ4v) is 2.84. The van der Waals surface area contributed by atoms with Crippen molar-refractivity contribution in [2.75, 3.05) is 13.6 Å². The third kappa shape index (κ3) is 4.12. The molecule has 0 aliphatic heterocycles. The van der Waals surface area contributed by atoms with Crippen molar-refractivity contribution in [1.82, 2.24) is 19.7 Å². The van der Waals surface area contributed by atoms with E-state index in [-0.39, 0.29) is 5.91 Å². The van der Waals surface area contributed by atoms with E-state index < -0.39 is 0 Å². The van der Waals surface area contributed by atoms with Crippen molar-refractivity contribution >= 4 is 5.91 Å². The normalized spacial score (nSPS) is 10.6. The van der Waals surface area contributed by atoms with Gasteiger partial charge in [-0.15, -0.1) is 0 Å². The average molecular weight is 334 g/mol. The standard InChI is InChI=1S/C20H22N4O/c1-23(20(25)17-10-12-21-13-11-17)14-6-9-18-15-19(24(2)22-18)16-7-4-3-5-8-16/h3-5,7-8,10-13,15H,6,9,14H2,1-2H3. The molecule has 0 bridgehead atoms. The lowest BCUT2D eigenvalue weighted by molar-refractivity contribution is 0.0793. The number of hydrogen-bond acceptors (Lipinski definition) is 3. The van der Waals surface area contributed by atoms with Crippen molar-refractivity contribution in [3.8, 4) is 11.3 Å². The number of hydrogen-bond donors (Lipinski definition) is 0. The molecule has 5 heteroatoms. The van der Waals surface area contributed by atoms with E-state index in [1.165, 1.54) is 0 Å². The lowest BCUT2D eigenvalue weighted by Gasteiger charge is -2.16. The van der Waals surface area contributed by atoms with Gasteiger partial charge in [0.05, 0.1) is 11.4 Å². The number of benzene rings is 1. The van der Waals surface area contributed by atoms with Crippen LogP contribution in [-0.2, 0) is 13.5 Å². The summed E-state index contributed by atoms with van der Waals surface area (Å²) in [6.45, 7) is 0.693. The summed E-state index contributed by atoms with van der Waals surface area (Å²) in [6.07, 6.45) is 4.99. The molecular weight excluding hydrogens is 312 g/mol. The maximum atomic E-state index is 12.3. The minimum Gasteiger partial charge on any atom is -0.342 e.